The quantitative estimate of drug-likeness (QED) is 0.802. The molecule has 0 spiro atoms. The van der Waals surface area contributed by atoms with Crippen LogP contribution in [0.5, 0.6) is 0 Å². The molecule has 20 heavy (non-hydrogen) atoms. The van der Waals surface area contributed by atoms with E-state index in [1.165, 1.54) is 22.9 Å². The molecular formula is C13H16F3NO2S. The topological polar surface area (TPSA) is 33.5 Å². The van der Waals surface area contributed by atoms with Gasteiger partial charge < -0.3 is 9.32 Å². The van der Waals surface area contributed by atoms with Crippen molar-refractivity contribution >= 4 is 17.7 Å². The molecule has 0 aromatic carbocycles. The Kier molecular flexibility index (Phi) is 4.67. The summed E-state index contributed by atoms with van der Waals surface area (Å²) in [5, 5.41) is 0. The zero-order chi connectivity index (χ0) is 14.8. The highest BCUT2D eigenvalue weighted by Crippen LogP contribution is 2.33. The van der Waals surface area contributed by atoms with E-state index in [9.17, 15) is 18.0 Å². The summed E-state index contributed by atoms with van der Waals surface area (Å²) in [7, 11) is 0. The normalized spacial score (nSPS) is 20.2. The Morgan fingerprint density at radius 1 is 1.55 bits per heavy atom. The number of thioether (sulfide) groups is 1. The van der Waals surface area contributed by atoms with Gasteiger partial charge in [0.1, 0.15) is 5.76 Å². The summed E-state index contributed by atoms with van der Waals surface area (Å²) in [6.07, 6.45) is -2.16. The number of likely N-dealkylation sites (tertiary alicyclic amines) is 1. The van der Waals surface area contributed by atoms with Crippen LogP contribution in [0.2, 0.25) is 0 Å². The van der Waals surface area contributed by atoms with Crippen molar-refractivity contribution in [1.82, 2.24) is 4.90 Å². The Balaban J connectivity index is 1.88. The van der Waals surface area contributed by atoms with Crippen LogP contribution >= 0.6 is 11.8 Å². The molecule has 0 bridgehead atoms. The summed E-state index contributed by atoms with van der Waals surface area (Å²) in [6.45, 7) is 1.98. The Morgan fingerprint density at radius 2 is 2.30 bits per heavy atom. The predicted molar refractivity (Wildman–Crippen MR) is 69.5 cm³/mol. The molecule has 1 fully saturated rings. The van der Waals surface area contributed by atoms with Gasteiger partial charge in [-0.15, -0.1) is 11.8 Å². The molecule has 0 saturated carbocycles. The number of hydrogen-bond donors (Lipinski definition) is 0. The van der Waals surface area contributed by atoms with Gasteiger partial charge in [0.15, 0.2) is 0 Å². The summed E-state index contributed by atoms with van der Waals surface area (Å²) in [6, 6.07) is 1.75. The van der Waals surface area contributed by atoms with Crippen LogP contribution in [0.25, 0.3) is 0 Å². The average Bonchev–Trinajstić information content (AvgIpc) is 2.81. The van der Waals surface area contributed by atoms with E-state index in [-0.39, 0.29) is 24.6 Å². The molecule has 1 amide bonds. The monoisotopic (exact) mass is 307 g/mol. The minimum absolute atomic E-state index is 0.112. The number of carbonyl (C=O) groups is 1. The van der Waals surface area contributed by atoms with Crippen LogP contribution in [-0.2, 0) is 4.79 Å². The number of amides is 1. The van der Waals surface area contributed by atoms with E-state index in [1.54, 1.807) is 13.0 Å². The lowest BCUT2D eigenvalue weighted by Crippen LogP contribution is -2.45. The van der Waals surface area contributed by atoms with Gasteiger partial charge in [0.05, 0.1) is 17.9 Å². The standard InChI is InChI=1S/C13H16F3NO2S/c1-9-11(4-6-19-9)20-8-12(18)17-5-2-3-10(7-17)13(14,15)16/h4,6,10H,2-3,5,7-8H2,1H3. The fourth-order valence-corrected chi connectivity index (χ4v) is 3.09. The molecule has 1 aromatic rings. The van der Waals surface area contributed by atoms with Crippen molar-refractivity contribution in [3.8, 4) is 0 Å². The van der Waals surface area contributed by atoms with E-state index >= 15 is 0 Å². The number of halogens is 3. The van der Waals surface area contributed by atoms with Crippen LogP contribution in [0, 0.1) is 12.8 Å². The van der Waals surface area contributed by atoms with E-state index < -0.39 is 12.1 Å². The summed E-state index contributed by atoms with van der Waals surface area (Å²) in [5.41, 5.74) is 0. The molecule has 0 N–H and O–H groups in total. The van der Waals surface area contributed by atoms with Gasteiger partial charge in [-0.25, -0.2) is 0 Å². The van der Waals surface area contributed by atoms with E-state index in [4.69, 9.17) is 4.42 Å². The fourth-order valence-electron chi connectivity index (χ4n) is 2.22. The van der Waals surface area contributed by atoms with Crippen molar-refractivity contribution in [3.05, 3.63) is 18.1 Å². The van der Waals surface area contributed by atoms with Crippen molar-refractivity contribution in [2.45, 2.75) is 30.8 Å². The number of hydrogen-bond acceptors (Lipinski definition) is 3. The van der Waals surface area contributed by atoms with Crippen molar-refractivity contribution in [2.75, 3.05) is 18.8 Å². The maximum absolute atomic E-state index is 12.7. The maximum atomic E-state index is 12.7. The van der Waals surface area contributed by atoms with Gasteiger partial charge in [0, 0.05) is 18.0 Å². The predicted octanol–water partition coefficient (Wildman–Crippen LogP) is 3.48. The first kappa shape index (κ1) is 15.3. The maximum Gasteiger partial charge on any atom is 0.393 e. The van der Waals surface area contributed by atoms with Crippen molar-refractivity contribution in [1.29, 1.82) is 0 Å². The lowest BCUT2D eigenvalue weighted by atomic mass is 9.97. The highest BCUT2D eigenvalue weighted by Gasteiger charge is 2.42. The van der Waals surface area contributed by atoms with Crippen molar-refractivity contribution in [3.63, 3.8) is 0 Å². The Morgan fingerprint density at radius 3 is 2.90 bits per heavy atom. The molecule has 2 heterocycles. The molecule has 1 saturated heterocycles. The number of alkyl halides is 3. The van der Waals surface area contributed by atoms with E-state index in [1.807, 2.05) is 0 Å². The number of furan rings is 1. The van der Waals surface area contributed by atoms with Crippen LogP contribution in [-0.4, -0.2) is 35.8 Å². The second kappa shape index (κ2) is 6.11. The highest BCUT2D eigenvalue weighted by molar-refractivity contribution is 8.00. The summed E-state index contributed by atoms with van der Waals surface area (Å²) < 4.78 is 43.2. The van der Waals surface area contributed by atoms with Gasteiger partial charge in [-0.05, 0) is 25.8 Å². The lowest BCUT2D eigenvalue weighted by Gasteiger charge is -2.33. The molecule has 1 aromatic heterocycles. The highest BCUT2D eigenvalue weighted by atomic mass is 32.2. The summed E-state index contributed by atoms with van der Waals surface area (Å²) in [4.78, 5) is 14.2. The second-order valence-electron chi connectivity index (χ2n) is 4.85. The lowest BCUT2D eigenvalue weighted by molar-refractivity contribution is -0.187. The Labute approximate surface area is 119 Å². The number of aryl methyl sites for hydroxylation is 1. The van der Waals surface area contributed by atoms with Crippen molar-refractivity contribution in [2.24, 2.45) is 5.92 Å². The molecular weight excluding hydrogens is 291 g/mol. The van der Waals surface area contributed by atoms with Gasteiger partial charge in [0.2, 0.25) is 5.91 Å². The van der Waals surface area contributed by atoms with Gasteiger partial charge in [-0.3, -0.25) is 4.79 Å². The van der Waals surface area contributed by atoms with Gasteiger partial charge in [-0.2, -0.15) is 13.2 Å². The average molecular weight is 307 g/mol. The Hall–Kier alpha value is -1.11. The first-order valence-electron chi connectivity index (χ1n) is 6.39. The van der Waals surface area contributed by atoms with Crippen LogP contribution in [0.3, 0.4) is 0 Å². The molecule has 2 rings (SSSR count). The zero-order valence-electron chi connectivity index (χ0n) is 11.1. The smallest absolute Gasteiger partial charge is 0.393 e. The summed E-state index contributed by atoms with van der Waals surface area (Å²) >= 11 is 1.30. The molecule has 7 heteroatoms. The minimum Gasteiger partial charge on any atom is -0.468 e. The number of nitrogens with zero attached hydrogens (tertiary/aromatic N) is 1. The zero-order valence-corrected chi connectivity index (χ0v) is 11.9. The van der Waals surface area contributed by atoms with Crippen LogP contribution in [0.15, 0.2) is 21.6 Å². The van der Waals surface area contributed by atoms with Crippen LogP contribution in [0.1, 0.15) is 18.6 Å². The molecule has 1 aliphatic heterocycles. The third-order valence-electron chi connectivity index (χ3n) is 3.40. The van der Waals surface area contributed by atoms with Crippen LogP contribution in [0.4, 0.5) is 13.2 Å². The summed E-state index contributed by atoms with van der Waals surface area (Å²) in [5.74, 6) is -0.773. The van der Waals surface area contributed by atoms with Gasteiger partial charge >= 0.3 is 6.18 Å². The molecule has 0 radical (unpaired) electrons. The largest absolute Gasteiger partial charge is 0.468 e. The molecule has 0 aliphatic carbocycles. The number of piperidine rings is 1. The molecule has 1 atom stereocenters. The van der Waals surface area contributed by atoms with Crippen LogP contribution < -0.4 is 0 Å². The molecule has 3 nitrogen and oxygen atoms in total. The fraction of sp³-hybridized carbons (Fsp3) is 0.615. The van der Waals surface area contributed by atoms with E-state index in [2.05, 4.69) is 0 Å². The number of rotatable bonds is 3. The van der Waals surface area contributed by atoms with E-state index in [0.29, 0.717) is 13.0 Å². The molecule has 112 valence electrons. The Bertz CT molecular complexity index is 472. The first-order valence-corrected chi connectivity index (χ1v) is 7.38. The van der Waals surface area contributed by atoms with E-state index in [0.717, 1.165) is 10.7 Å². The second-order valence-corrected chi connectivity index (χ2v) is 5.87. The molecule has 1 unspecified atom stereocenters. The molecule has 1 aliphatic rings. The first-order chi connectivity index (χ1) is 9.38. The third-order valence-corrected chi connectivity index (χ3v) is 4.53. The van der Waals surface area contributed by atoms with Gasteiger partial charge in [0.25, 0.3) is 0 Å². The third kappa shape index (κ3) is 3.71. The van der Waals surface area contributed by atoms with Gasteiger partial charge in [-0.1, -0.05) is 0 Å². The number of carbonyl (C=O) groups excluding carboxylic acids is 1. The SMILES string of the molecule is Cc1occc1SCC(=O)N1CCCC(C(F)(F)F)C1. The van der Waals surface area contributed by atoms with Crippen molar-refractivity contribution < 1.29 is 22.4 Å². The minimum atomic E-state index is -4.22.